The first-order chi connectivity index (χ1) is 5.72. The molecule has 1 nitrogen and oxygen atoms in total. The summed E-state index contributed by atoms with van der Waals surface area (Å²) in [6, 6.07) is 0. The zero-order valence-corrected chi connectivity index (χ0v) is 8.27. The maximum atomic E-state index is 4.72. The molecule has 2 unspecified atom stereocenters. The van der Waals surface area contributed by atoms with Crippen molar-refractivity contribution in [3.05, 3.63) is 0 Å². The van der Waals surface area contributed by atoms with Gasteiger partial charge >= 0.3 is 0 Å². The molecule has 0 aromatic heterocycles. The van der Waals surface area contributed by atoms with E-state index in [9.17, 15) is 0 Å². The van der Waals surface area contributed by atoms with Crippen LogP contribution >= 0.6 is 0 Å². The van der Waals surface area contributed by atoms with Crippen LogP contribution in [0.25, 0.3) is 0 Å². The van der Waals surface area contributed by atoms with E-state index in [4.69, 9.17) is 4.99 Å². The van der Waals surface area contributed by atoms with Crippen molar-refractivity contribution in [1.29, 1.82) is 0 Å². The number of fused-ring (bicyclic) bond motifs is 1. The molecule has 68 valence electrons. The lowest BCUT2D eigenvalue weighted by molar-refractivity contribution is 0.301. The quantitative estimate of drug-likeness (QED) is 0.523. The van der Waals surface area contributed by atoms with E-state index >= 15 is 0 Å². The molecule has 12 heavy (non-hydrogen) atoms. The van der Waals surface area contributed by atoms with E-state index in [1.165, 1.54) is 32.1 Å². The normalized spacial score (nSPS) is 41.8. The Morgan fingerprint density at radius 1 is 1.33 bits per heavy atom. The van der Waals surface area contributed by atoms with E-state index in [1.807, 2.05) is 0 Å². The highest BCUT2D eigenvalue weighted by Crippen LogP contribution is 2.42. The van der Waals surface area contributed by atoms with Crippen LogP contribution in [0.5, 0.6) is 0 Å². The standard InChI is InChI=1S/C11H19N/c1-9-5-3-6-11(2)7-4-8-12-10(9)11/h9H,3-8H2,1-2H3. The van der Waals surface area contributed by atoms with Gasteiger partial charge in [0, 0.05) is 17.7 Å². The molecule has 1 saturated carbocycles. The summed E-state index contributed by atoms with van der Waals surface area (Å²) >= 11 is 0. The van der Waals surface area contributed by atoms with Gasteiger partial charge in [-0.3, -0.25) is 4.99 Å². The maximum Gasteiger partial charge on any atom is 0.0389 e. The lowest BCUT2D eigenvalue weighted by atomic mass is 9.66. The van der Waals surface area contributed by atoms with Crippen molar-refractivity contribution in [2.45, 2.75) is 46.0 Å². The fourth-order valence-electron chi connectivity index (χ4n) is 2.93. The Kier molecular flexibility index (Phi) is 1.97. The van der Waals surface area contributed by atoms with E-state index in [0.29, 0.717) is 5.41 Å². The zero-order valence-electron chi connectivity index (χ0n) is 8.27. The van der Waals surface area contributed by atoms with Crippen LogP contribution in [0.4, 0.5) is 0 Å². The van der Waals surface area contributed by atoms with Crippen LogP contribution in [0.3, 0.4) is 0 Å². The third-order valence-corrected chi connectivity index (χ3v) is 3.62. The summed E-state index contributed by atoms with van der Waals surface area (Å²) < 4.78 is 0. The molecule has 0 amide bonds. The minimum Gasteiger partial charge on any atom is -0.293 e. The third-order valence-electron chi connectivity index (χ3n) is 3.62. The highest BCUT2D eigenvalue weighted by Gasteiger charge is 2.37. The first kappa shape index (κ1) is 8.28. The van der Waals surface area contributed by atoms with Gasteiger partial charge in [-0.25, -0.2) is 0 Å². The molecular formula is C11H19N. The highest BCUT2D eigenvalue weighted by atomic mass is 14.8. The van der Waals surface area contributed by atoms with Crippen molar-refractivity contribution in [2.75, 3.05) is 6.54 Å². The Bertz CT molecular complexity index is 207. The average molecular weight is 165 g/mol. The fourth-order valence-corrected chi connectivity index (χ4v) is 2.93. The van der Waals surface area contributed by atoms with Gasteiger partial charge in [-0.1, -0.05) is 20.3 Å². The molecule has 1 heterocycles. The van der Waals surface area contributed by atoms with Crippen LogP contribution in [0.2, 0.25) is 0 Å². The van der Waals surface area contributed by atoms with Crippen LogP contribution in [0.15, 0.2) is 4.99 Å². The summed E-state index contributed by atoms with van der Waals surface area (Å²) in [5, 5.41) is 0. The van der Waals surface area contributed by atoms with E-state index in [2.05, 4.69) is 13.8 Å². The van der Waals surface area contributed by atoms with Crippen LogP contribution in [0.1, 0.15) is 46.0 Å². The SMILES string of the molecule is CC1CCCC2(C)CCCN=C12. The second-order valence-electron chi connectivity index (χ2n) is 4.72. The summed E-state index contributed by atoms with van der Waals surface area (Å²) in [6.45, 7) is 5.86. The van der Waals surface area contributed by atoms with Gasteiger partial charge in [0.1, 0.15) is 0 Å². The lowest BCUT2D eigenvalue weighted by Gasteiger charge is -2.41. The maximum absolute atomic E-state index is 4.72. The van der Waals surface area contributed by atoms with Gasteiger partial charge in [-0.2, -0.15) is 0 Å². The molecule has 0 radical (unpaired) electrons. The number of rotatable bonds is 0. The molecule has 2 aliphatic rings. The minimum atomic E-state index is 0.496. The second-order valence-corrected chi connectivity index (χ2v) is 4.72. The van der Waals surface area contributed by atoms with Gasteiger partial charge in [0.25, 0.3) is 0 Å². The first-order valence-electron chi connectivity index (χ1n) is 5.27. The summed E-state index contributed by atoms with van der Waals surface area (Å²) in [5.41, 5.74) is 2.04. The smallest absolute Gasteiger partial charge is 0.0389 e. The van der Waals surface area contributed by atoms with Crippen LogP contribution in [0, 0.1) is 11.3 Å². The fraction of sp³-hybridized carbons (Fsp3) is 0.909. The van der Waals surface area contributed by atoms with Crippen LogP contribution in [-0.2, 0) is 0 Å². The molecule has 2 atom stereocenters. The van der Waals surface area contributed by atoms with Crippen molar-refractivity contribution in [3.8, 4) is 0 Å². The highest BCUT2D eigenvalue weighted by molar-refractivity contribution is 5.92. The number of nitrogens with zero attached hydrogens (tertiary/aromatic N) is 1. The molecular weight excluding hydrogens is 146 g/mol. The van der Waals surface area contributed by atoms with Gasteiger partial charge < -0.3 is 0 Å². The largest absolute Gasteiger partial charge is 0.293 e. The molecule has 0 bridgehead atoms. The van der Waals surface area contributed by atoms with Crippen molar-refractivity contribution in [2.24, 2.45) is 16.3 Å². The Hall–Kier alpha value is -0.330. The molecule has 0 saturated heterocycles. The Morgan fingerprint density at radius 2 is 2.08 bits per heavy atom. The Labute approximate surface area is 75.3 Å². The van der Waals surface area contributed by atoms with Crippen molar-refractivity contribution in [1.82, 2.24) is 0 Å². The molecule has 0 aromatic rings. The minimum absolute atomic E-state index is 0.496. The van der Waals surface area contributed by atoms with Gasteiger partial charge in [0.2, 0.25) is 0 Å². The number of aliphatic imine (C=N–C) groups is 1. The van der Waals surface area contributed by atoms with E-state index in [-0.39, 0.29) is 0 Å². The predicted octanol–water partition coefficient (Wildman–Crippen LogP) is 3.05. The summed E-state index contributed by atoms with van der Waals surface area (Å²) in [4.78, 5) is 4.72. The third kappa shape index (κ3) is 1.19. The van der Waals surface area contributed by atoms with E-state index in [0.717, 1.165) is 12.5 Å². The van der Waals surface area contributed by atoms with Crippen LogP contribution < -0.4 is 0 Å². The monoisotopic (exact) mass is 165 g/mol. The molecule has 2 rings (SSSR count). The van der Waals surface area contributed by atoms with E-state index in [1.54, 1.807) is 5.71 Å². The van der Waals surface area contributed by atoms with Crippen molar-refractivity contribution >= 4 is 5.71 Å². The van der Waals surface area contributed by atoms with Gasteiger partial charge in [0.05, 0.1) is 0 Å². The molecule has 0 N–H and O–H groups in total. The molecule has 1 aliphatic heterocycles. The number of hydrogen-bond acceptors (Lipinski definition) is 1. The molecule has 1 aliphatic carbocycles. The first-order valence-corrected chi connectivity index (χ1v) is 5.27. The summed E-state index contributed by atoms with van der Waals surface area (Å²) in [6.07, 6.45) is 6.87. The van der Waals surface area contributed by atoms with Crippen LogP contribution in [-0.4, -0.2) is 12.3 Å². The summed E-state index contributed by atoms with van der Waals surface area (Å²) in [5.74, 6) is 0.768. The molecule has 1 fully saturated rings. The number of hydrogen-bond donors (Lipinski definition) is 0. The van der Waals surface area contributed by atoms with Gasteiger partial charge in [-0.15, -0.1) is 0 Å². The molecule has 0 spiro atoms. The average Bonchev–Trinajstić information content (AvgIpc) is 2.04. The Balaban J connectivity index is 2.27. The summed E-state index contributed by atoms with van der Waals surface area (Å²) in [7, 11) is 0. The van der Waals surface area contributed by atoms with Crippen molar-refractivity contribution in [3.63, 3.8) is 0 Å². The van der Waals surface area contributed by atoms with Gasteiger partial charge in [0.15, 0.2) is 0 Å². The second kappa shape index (κ2) is 2.86. The molecule has 1 heteroatoms. The lowest BCUT2D eigenvalue weighted by Crippen LogP contribution is -2.39. The molecule has 0 aromatic carbocycles. The topological polar surface area (TPSA) is 12.4 Å². The van der Waals surface area contributed by atoms with Gasteiger partial charge in [-0.05, 0) is 31.6 Å². The zero-order chi connectivity index (χ0) is 8.60. The predicted molar refractivity (Wildman–Crippen MR) is 52.7 cm³/mol. The Morgan fingerprint density at radius 3 is 2.83 bits per heavy atom. The van der Waals surface area contributed by atoms with E-state index < -0.39 is 0 Å². The van der Waals surface area contributed by atoms with Crippen molar-refractivity contribution < 1.29 is 0 Å².